The number of tetrazole rings is 1. The van der Waals surface area contributed by atoms with Crippen molar-refractivity contribution < 1.29 is 9.90 Å². The molecule has 0 amide bonds. The maximum Gasteiger partial charge on any atom is 0.153 e. The van der Waals surface area contributed by atoms with E-state index in [9.17, 15) is 9.90 Å². The Bertz CT molecular complexity index is 452. The first kappa shape index (κ1) is 8.36. The number of carbonyl (C=O) groups excluding carboxylic acids is 1. The van der Waals surface area contributed by atoms with Gasteiger partial charge in [0.25, 0.3) is 0 Å². The molecule has 6 nitrogen and oxygen atoms in total. The van der Waals surface area contributed by atoms with Crippen molar-refractivity contribution in [1.29, 1.82) is 0 Å². The summed E-state index contributed by atoms with van der Waals surface area (Å²) in [6, 6.07) is 4.76. The second-order valence-electron chi connectivity index (χ2n) is 2.59. The van der Waals surface area contributed by atoms with E-state index in [2.05, 4.69) is 15.5 Å². The van der Waals surface area contributed by atoms with Crippen LogP contribution in [0.25, 0.3) is 5.69 Å². The van der Waals surface area contributed by atoms with E-state index >= 15 is 0 Å². The van der Waals surface area contributed by atoms with Crippen molar-refractivity contribution in [3.63, 3.8) is 0 Å². The Balaban J connectivity index is 2.60. The van der Waals surface area contributed by atoms with Crippen LogP contribution in [0.1, 0.15) is 10.4 Å². The highest BCUT2D eigenvalue weighted by Crippen LogP contribution is 2.23. The van der Waals surface area contributed by atoms with Gasteiger partial charge in [-0.2, -0.15) is 4.68 Å². The summed E-state index contributed by atoms with van der Waals surface area (Å²) in [6.07, 6.45) is 1.91. The SMILES string of the molecule is O=Cc1cccc(-n2cnnn2)c1O. The molecule has 0 aliphatic heterocycles. The maximum absolute atomic E-state index is 10.5. The van der Waals surface area contributed by atoms with Crippen LogP contribution in [0.5, 0.6) is 5.75 Å². The minimum Gasteiger partial charge on any atom is -0.505 e. The van der Waals surface area contributed by atoms with Gasteiger partial charge in [0.05, 0.1) is 5.56 Å². The summed E-state index contributed by atoms with van der Waals surface area (Å²) >= 11 is 0. The van der Waals surface area contributed by atoms with Crippen molar-refractivity contribution in [2.45, 2.75) is 0 Å². The van der Waals surface area contributed by atoms with Crippen LogP contribution in [0.4, 0.5) is 0 Å². The normalized spacial score (nSPS) is 10.0. The van der Waals surface area contributed by atoms with Crippen LogP contribution >= 0.6 is 0 Å². The number of aromatic hydroxyl groups is 1. The van der Waals surface area contributed by atoms with Crippen LogP contribution in [-0.2, 0) is 0 Å². The van der Waals surface area contributed by atoms with Crippen molar-refractivity contribution >= 4 is 6.29 Å². The van der Waals surface area contributed by atoms with Crippen molar-refractivity contribution in [3.05, 3.63) is 30.1 Å². The summed E-state index contributed by atoms with van der Waals surface area (Å²) in [7, 11) is 0. The second-order valence-corrected chi connectivity index (χ2v) is 2.59. The second kappa shape index (κ2) is 3.25. The first-order chi connectivity index (χ1) is 6.83. The van der Waals surface area contributed by atoms with E-state index in [0.717, 1.165) is 0 Å². The molecule has 0 fully saturated rings. The number of aromatic nitrogens is 4. The van der Waals surface area contributed by atoms with E-state index in [1.807, 2.05) is 0 Å². The molecular formula is C8H6N4O2. The number of phenols is 1. The zero-order valence-electron chi connectivity index (χ0n) is 7.03. The van der Waals surface area contributed by atoms with Crippen LogP contribution in [-0.4, -0.2) is 31.6 Å². The molecule has 0 aliphatic rings. The molecule has 1 N–H and O–H groups in total. The van der Waals surface area contributed by atoms with Crippen molar-refractivity contribution in [2.75, 3.05) is 0 Å². The molecule has 0 spiro atoms. The fraction of sp³-hybridized carbons (Fsp3) is 0. The van der Waals surface area contributed by atoms with Gasteiger partial charge in [0.1, 0.15) is 12.0 Å². The molecule has 2 aromatic rings. The van der Waals surface area contributed by atoms with Crippen LogP contribution in [0.3, 0.4) is 0 Å². The number of hydrogen-bond donors (Lipinski definition) is 1. The number of phenolic OH excluding ortho intramolecular Hbond substituents is 1. The predicted octanol–water partition coefficient (Wildman–Crippen LogP) is 0.180. The van der Waals surface area contributed by atoms with Crippen LogP contribution in [0.2, 0.25) is 0 Å². The Labute approximate surface area is 78.8 Å². The lowest BCUT2D eigenvalue weighted by atomic mass is 10.2. The van der Waals surface area contributed by atoms with E-state index < -0.39 is 0 Å². The molecule has 2 rings (SSSR count). The van der Waals surface area contributed by atoms with Crippen LogP contribution in [0, 0.1) is 0 Å². The first-order valence-corrected chi connectivity index (χ1v) is 3.83. The smallest absolute Gasteiger partial charge is 0.153 e. The van der Waals surface area contributed by atoms with Gasteiger partial charge in [0.15, 0.2) is 12.0 Å². The third kappa shape index (κ3) is 1.22. The fourth-order valence-electron chi connectivity index (χ4n) is 1.10. The summed E-state index contributed by atoms with van der Waals surface area (Å²) in [5, 5.41) is 20.1. The summed E-state index contributed by atoms with van der Waals surface area (Å²) < 4.78 is 1.28. The number of nitrogens with zero attached hydrogens (tertiary/aromatic N) is 4. The molecule has 1 aromatic carbocycles. The predicted molar refractivity (Wildman–Crippen MR) is 46.2 cm³/mol. The van der Waals surface area contributed by atoms with Gasteiger partial charge in [-0.25, -0.2) is 0 Å². The molecule has 0 radical (unpaired) electrons. The minimum atomic E-state index is -0.130. The average Bonchev–Trinajstić information content (AvgIpc) is 2.71. The van der Waals surface area contributed by atoms with Crippen molar-refractivity contribution in [3.8, 4) is 11.4 Å². The molecule has 1 heterocycles. The first-order valence-electron chi connectivity index (χ1n) is 3.83. The van der Waals surface area contributed by atoms with Gasteiger partial charge in [-0.15, -0.1) is 5.10 Å². The Hall–Kier alpha value is -2.24. The third-order valence-electron chi connectivity index (χ3n) is 1.77. The lowest BCUT2D eigenvalue weighted by Gasteiger charge is -2.03. The Morgan fingerprint density at radius 1 is 1.43 bits per heavy atom. The molecule has 6 heteroatoms. The summed E-state index contributed by atoms with van der Waals surface area (Å²) in [4.78, 5) is 10.5. The lowest BCUT2D eigenvalue weighted by molar-refractivity contribution is 0.112. The number of hydrogen-bond acceptors (Lipinski definition) is 5. The van der Waals surface area contributed by atoms with Gasteiger partial charge >= 0.3 is 0 Å². The molecule has 0 bridgehead atoms. The van der Waals surface area contributed by atoms with Crippen LogP contribution < -0.4 is 0 Å². The number of benzene rings is 1. The van der Waals surface area contributed by atoms with E-state index in [4.69, 9.17) is 0 Å². The maximum atomic E-state index is 10.5. The molecule has 0 saturated heterocycles. The Kier molecular flexibility index (Phi) is 1.94. The van der Waals surface area contributed by atoms with Gasteiger partial charge in [-0.05, 0) is 22.6 Å². The highest BCUT2D eigenvalue weighted by molar-refractivity contribution is 5.81. The summed E-state index contributed by atoms with van der Waals surface area (Å²) in [6.45, 7) is 0. The quantitative estimate of drug-likeness (QED) is 0.683. The number of carbonyl (C=O) groups is 1. The van der Waals surface area contributed by atoms with Crippen molar-refractivity contribution in [2.24, 2.45) is 0 Å². The average molecular weight is 190 g/mol. The van der Waals surface area contributed by atoms with Crippen LogP contribution in [0.15, 0.2) is 24.5 Å². The third-order valence-corrected chi connectivity index (χ3v) is 1.77. The number of rotatable bonds is 2. The van der Waals surface area contributed by atoms with E-state index in [1.165, 1.54) is 17.1 Å². The van der Waals surface area contributed by atoms with E-state index in [-0.39, 0.29) is 11.3 Å². The molecule has 0 aliphatic carbocycles. The molecule has 0 atom stereocenters. The Morgan fingerprint density at radius 3 is 2.93 bits per heavy atom. The van der Waals surface area contributed by atoms with Gasteiger partial charge in [0.2, 0.25) is 0 Å². The zero-order chi connectivity index (χ0) is 9.97. The highest BCUT2D eigenvalue weighted by atomic mass is 16.3. The zero-order valence-corrected chi connectivity index (χ0v) is 7.03. The minimum absolute atomic E-state index is 0.130. The van der Waals surface area contributed by atoms with Gasteiger partial charge in [0, 0.05) is 0 Å². The van der Waals surface area contributed by atoms with Gasteiger partial charge in [-0.3, -0.25) is 4.79 Å². The van der Waals surface area contributed by atoms with E-state index in [1.54, 1.807) is 12.1 Å². The van der Waals surface area contributed by atoms with Gasteiger partial charge in [-0.1, -0.05) is 6.07 Å². The fourth-order valence-corrected chi connectivity index (χ4v) is 1.10. The van der Waals surface area contributed by atoms with E-state index in [0.29, 0.717) is 12.0 Å². The van der Waals surface area contributed by atoms with Gasteiger partial charge < -0.3 is 5.11 Å². The topological polar surface area (TPSA) is 80.9 Å². The van der Waals surface area contributed by atoms with Crippen molar-refractivity contribution in [1.82, 2.24) is 20.2 Å². The molecule has 0 unspecified atom stereocenters. The number of aldehydes is 1. The molecule has 70 valence electrons. The molecular weight excluding hydrogens is 184 g/mol. The molecule has 14 heavy (non-hydrogen) atoms. The Morgan fingerprint density at radius 2 is 2.29 bits per heavy atom. The standard InChI is InChI=1S/C8H6N4O2/c13-4-6-2-1-3-7(8(6)14)12-5-9-10-11-12/h1-5,14H. The molecule has 0 saturated carbocycles. The monoisotopic (exact) mass is 190 g/mol. The summed E-state index contributed by atoms with van der Waals surface area (Å²) in [5.74, 6) is -0.130. The summed E-state index contributed by atoms with van der Waals surface area (Å²) in [5.41, 5.74) is 0.581. The largest absolute Gasteiger partial charge is 0.505 e. The molecule has 1 aromatic heterocycles. The number of para-hydroxylation sites is 1. The highest BCUT2D eigenvalue weighted by Gasteiger charge is 2.08. The lowest BCUT2D eigenvalue weighted by Crippen LogP contribution is -1.97.